The van der Waals surface area contributed by atoms with E-state index in [0.29, 0.717) is 17.6 Å². The number of rotatable bonds is 5. The number of hydrogen-bond donors (Lipinski definition) is 0. The smallest absolute Gasteiger partial charge is 0.298 e. The van der Waals surface area contributed by atoms with Gasteiger partial charge in [0, 0.05) is 32.7 Å². The van der Waals surface area contributed by atoms with Crippen LogP contribution in [-0.4, -0.2) is 49.2 Å². The number of oxazole rings is 1. The second kappa shape index (κ2) is 7.33. The molecule has 0 saturated carbocycles. The molecule has 0 amide bonds. The maximum absolute atomic E-state index is 6.10. The highest BCUT2D eigenvalue weighted by atomic mass is 35.5. The first kappa shape index (κ1) is 16.2. The Labute approximate surface area is 151 Å². The lowest BCUT2D eigenvalue weighted by molar-refractivity contribution is 0.198. The summed E-state index contributed by atoms with van der Waals surface area (Å²) in [6, 6.07) is 16.2. The fraction of sp³-hybridized carbons (Fsp3) is 0.316. The highest BCUT2D eigenvalue weighted by Gasteiger charge is 2.20. The van der Waals surface area contributed by atoms with Crippen LogP contribution in [0.3, 0.4) is 0 Å². The Balaban J connectivity index is 1.27. The zero-order valence-electron chi connectivity index (χ0n) is 13.9. The number of para-hydroxylation sites is 3. The summed E-state index contributed by atoms with van der Waals surface area (Å²) in [4.78, 5) is 9.16. The van der Waals surface area contributed by atoms with Crippen LogP contribution in [0.1, 0.15) is 0 Å². The molecule has 1 aliphatic heterocycles. The van der Waals surface area contributed by atoms with Crippen LogP contribution >= 0.6 is 11.6 Å². The SMILES string of the molecule is Clc1ccccc1OCCN1CCN(c2nc3ccccc3o2)CC1. The number of ether oxygens (including phenoxy) is 1. The lowest BCUT2D eigenvalue weighted by atomic mass is 10.3. The monoisotopic (exact) mass is 357 g/mol. The predicted molar refractivity (Wildman–Crippen MR) is 99.6 cm³/mol. The van der Waals surface area contributed by atoms with Crippen molar-refractivity contribution in [1.82, 2.24) is 9.88 Å². The lowest BCUT2D eigenvalue weighted by Crippen LogP contribution is -2.47. The van der Waals surface area contributed by atoms with Gasteiger partial charge in [0.25, 0.3) is 6.01 Å². The number of halogens is 1. The van der Waals surface area contributed by atoms with Gasteiger partial charge in [-0.1, -0.05) is 35.9 Å². The maximum atomic E-state index is 6.10. The van der Waals surface area contributed by atoms with Gasteiger partial charge >= 0.3 is 0 Å². The molecule has 1 aromatic heterocycles. The van der Waals surface area contributed by atoms with E-state index in [4.69, 9.17) is 20.8 Å². The molecule has 0 N–H and O–H groups in total. The molecule has 130 valence electrons. The molecule has 4 rings (SSSR count). The molecular formula is C19H20ClN3O2. The largest absolute Gasteiger partial charge is 0.491 e. The average molecular weight is 358 g/mol. The van der Waals surface area contributed by atoms with E-state index >= 15 is 0 Å². The Hall–Kier alpha value is -2.24. The Kier molecular flexibility index (Phi) is 4.76. The molecule has 2 aromatic carbocycles. The van der Waals surface area contributed by atoms with E-state index in [1.165, 1.54) is 0 Å². The molecule has 1 aliphatic rings. The molecule has 0 spiro atoms. The van der Waals surface area contributed by atoms with E-state index in [1.54, 1.807) is 0 Å². The summed E-state index contributed by atoms with van der Waals surface area (Å²) in [6.07, 6.45) is 0. The van der Waals surface area contributed by atoms with Gasteiger partial charge in [-0.15, -0.1) is 0 Å². The third-order valence-corrected chi connectivity index (χ3v) is 4.74. The second-order valence-corrected chi connectivity index (χ2v) is 6.48. The second-order valence-electron chi connectivity index (χ2n) is 6.07. The Morgan fingerprint density at radius 1 is 1.00 bits per heavy atom. The van der Waals surface area contributed by atoms with Crippen molar-refractivity contribution in [2.45, 2.75) is 0 Å². The van der Waals surface area contributed by atoms with E-state index in [-0.39, 0.29) is 0 Å². The summed E-state index contributed by atoms with van der Waals surface area (Å²) in [5.41, 5.74) is 1.75. The van der Waals surface area contributed by atoms with Crippen molar-refractivity contribution in [3.8, 4) is 5.75 Å². The van der Waals surface area contributed by atoms with Crippen molar-refractivity contribution < 1.29 is 9.15 Å². The van der Waals surface area contributed by atoms with Gasteiger partial charge in [0.15, 0.2) is 5.58 Å². The van der Waals surface area contributed by atoms with Crippen LogP contribution in [0.2, 0.25) is 5.02 Å². The quantitative estimate of drug-likeness (QED) is 0.696. The van der Waals surface area contributed by atoms with Gasteiger partial charge in [-0.25, -0.2) is 0 Å². The van der Waals surface area contributed by atoms with Crippen molar-refractivity contribution in [2.75, 3.05) is 44.2 Å². The molecule has 1 saturated heterocycles. The highest BCUT2D eigenvalue weighted by Crippen LogP contribution is 2.24. The van der Waals surface area contributed by atoms with Crippen LogP contribution in [-0.2, 0) is 0 Å². The minimum absolute atomic E-state index is 0.632. The van der Waals surface area contributed by atoms with E-state index < -0.39 is 0 Å². The Bertz CT molecular complexity index is 810. The van der Waals surface area contributed by atoms with Gasteiger partial charge in [0.1, 0.15) is 17.9 Å². The summed E-state index contributed by atoms with van der Waals surface area (Å²) in [7, 11) is 0. The van der Waals surface area contributed by atoms with E-state index in [1.807, 2.05) is 48.5 Å². The molecule has 1 fully saturated rings. The lowest BCUT2D eigenvalue weighted by Gasteiger charge is -2.33. The number of aromatic nitrogens is 1. The number of benzene rings is 2. The first-order chi connectivity index (χ1) is 12.3. The van der Waals surface area contributed by atoms with E-state index in [2.05, 4.69) is 14.8 Å². The van der Waals surface area contributed by atoms with E-state index in [0.717, 1.165) is 49.6 Å². The molecule has 0 atom stereocenters. The number of anilines is 1. The van der Waals surface area contributed by atoms with Crippen LogP contribution < -0.4 is 9.64 Å². The number of fused-ring (bicyclic) bond motifs is 1. The maximum Gasteiger partial charge on any atom is 0.298 e. The Morgan fingerprint density at radius 2 is 1.76 bits per heavy atom. The topological polar surface area (TPSA) is 41.7 Å². The number of nitrogens with zero attached hydrogens (tertiary/aromatic N) is 3. The standard InChI is InChI=1S/C19H20ClN3O2/c20-15-5-1-3-7-17(15)24-14-13-22-9-11-23(12-10-22)19-21-16-6-2-4-8-18(16)25-19/h1-8H,9-14H2. The first-order valence-electron chi connectivity index (χ1n) is 8.50. The third kappa shape index (κ3) is 3.72. The fourth-order valence-electron chi connectivity index (χ4n) is 3.00. The van der Waals surface area contributed by atoms with Crippen molar-refractivity contribution in [3.05, 3.63) is 53.6 Å². The van der Waals surface area contributed by atoms with Crippen molar-refractivity contribution in [1.29, 1.82) is 0 Å². The highest BCUT2D eigenvalue weighted by molar-refractivity contribution is 6.32. The van der Waals surface area contributed by atoms with Gasteiger partial charge < -0.3 is 14.1 Å². The molecule has 25 heavy (non-hydrogen) atoms. The average Bonchev–Trinajstić information content (AvgIpc) is 3.08. The van der Waals surface area contributed by atoms with Crippen LogP contribution in [0.5, 0.6) is 5.75 Å². The van der Waals surface area contributed by atoms with Crippen molar-refractivity contribution in [2.24, 2.45) is 0 Å². The zero-order valence-corrected chi connectivity index (χ0v) is 14.7. The molecule has 0 aliphatic carbocycles. The summed E-state index contributed by atoms with van der Waals surface area (Å²) in [6.45, 7) is 5.24. The Morgan fingerprint density at radius 3 is 2.56 bits per heavy atom. The normalized spacial score (nSPS) is 15.6. The molecule has 3 aromatic rings. The third-order valence-electron chi connectivity index (χ3n) is 4.43. The first-order valence-corrected chi connectivity index (χ1v) is 8.87. The van der Waals surface area contributed by atoms with Crippen LogP contribution in [0.15, 0.2) is 52.9 Å². The number of hydrogen-bond acceptors (Lipinski definition) is 5. The van der Waals surface area contributed by atoms with Gasteiger partial charge in [-0.05, 0) is 24.3 Å². The van der Waals surface area contributed by atoms with E-state index in [9.17, 15) is 0 Å². The molecule has 5 nitrogen and oxygen atoms in total. The molecule has 2 heterocycles. The van der Waals surface area contributed by atoms with Crippen molar-refractivity contribution in [3.63, 3.8) is 0 Å². The minimum Gasteiger partial charge on any atom is -0.491 e. The van der Waals surface area contributed by atoms with Crippen LogP contribution in [0.25, 0.3) is 11.1 Å². The zero-order chi connectivity index (χ0) is 17.1. The fourth-order valence-corrected chi connectivity index (χ4v) is 3.19. The summed E-state index contributed by atoms with van der Waals surface area (Å²) in [5.74, 6) is 0.745. The molecular weight excluding hydrogens is 338 g/mol. The van der Waals surface area contributed by atoms with Gasteiger partial charge in [0.2, 0.25) is 0 Å². The molecule has 0 unspecified atom stereocenters. The van der Waals surface area contributed by atoms with Gasteiger partial charge in [0.05, 0.1) is 5.02 Å². The number of piperazine rings is 1. The predicted octanol–water partition coefficient (Wildman–Crippen LogP) is 3.68. The summed E-state index contributed by atoms with van der Waals surface area (Å²) >= 11 is 6.10. The van der Waals surface area contributed by atoms with Gasteiger partial charge in [-0.3, -0.25) is 4.90 Å². The molecule has 0 radical (unpaired) electrons. The van der Waals surface area contributed by atoms with Crippen LogP contribution in [0.4, 0.5) is 6.01 Å². The van der Waals surface area contributed by atoms with Gasteiger partial charge in [-0.2, -0.15) is 4.98 Å². The van der Waals surface area contributed by atoms with Crippen LogP contribution in [0, 0.1) is 0 Å². The summed E-state index contributed by atoms with van der Waals surface area (Å²) in [5, 5.41) is 0.656. The molecule has 6 heteroatoms. The molecule has 0 bridgehead atoms. The van der Waals surface area contributed by atoms with Crippen molar-refractivity contribution >= 4 is 28.7 Å². The minimum atomic E-state index is 0.632. The summed E-state index contributed by atoms with van der Waals surface area (Å²) < 4.78 is 11.6.